The molecule has 0 aliphatic heterocycles. The van der Waals surface area contributed by atoms with Gasteiger partial charge < -0.3 is 13.7 Å². The first-order chi connectivity index (χ1) is 9.09. The van der Waals surface area contributed by atoms with E-state index in [1.165, 1.54) is 0 Å². The van der Waals surface area contributed by atoms with Crippen LogP contribution < -0.4 is 5.73 Å². The molecular formula is C15H15MgNO3. The number of benzene rings is 2. The monoisotopic (exact) mass is 281 g/mol. The fourth-order valence-corrected chi connectivity index (χ4v) is 1.87. The Morgan fingerprint density at radius 2 is 1.70 bits per heavy atom. The number of carbonyl (C=O) groups is 2. The number of carbonyl (C=O) groups excluding carboxylic acids is 1. The fourth-order valence-electron chi connectivity index (χ4n) is 1.87. The van der Waals surface area contributed by atoms with Crippen molar-refractivity contribution in [3.05, 3.63) is 65.2 Å². The largest absolute Gasteiger partial charge is 2.00 e. The van der Waals surface area contributed by atoms with Crippen molar-refractivity contribution in [1.29, 1.82) is 0 Å². The van der Waals surface area contributed by atoms with Gasteiger partial charge in [-0.2, -0.15) is 0 Å². The number of hydrogen-bond donors (Lipinski definition) is 2. The minimum Gasteiger partial charge on any atom is -1.00 e. The van der Waals surface area contributed by atoms with E-state index in [2.05, 4.69) is 0 Å². The normalized spacial score (nSPS) is 9.60. The molecule has 0 fully saturated rings. The average Bonchev–Trinajstić information content (AvgIpc) is 2.41. The first-order valence-corrected chi connectivity index (χ1v) is 5.78. The van der Waals surface area contributed by atoms with Crippen molar-refractivity contribution in [1.82, 2.24) is 0 Å². The zero-order chi connectivity index (χ0) is 13.8. The Morgan fingerprint density at radius 3 is 2.30 bits per heavy atom. The topological polar surface area (TPSA) is 80.4 Å². The van der Waals surface area contributed by atoms with Crippen LogP contribution in [0.5, 0.6) is 0 Å². The Hall–Kier alpha value is -1.85. The summed E-state index contributed by atoms with van der Waals surface area (Å²) in [6.45, 7) is 0. The molecule has 2 rings (SSSR count). The van der Waals surface area contributed by atoms with Gasteiger partial charge in [0, 0.05) is 16.8 Å². The van der Waals surface area contributed by atoms with Crippen LogP contribution in [0.1, 0.15) is 24.3 Å². The summed E-state index contributed by atoms with van der Waals surface area (Å²) in [4.78, 5) is 23.0. The van der Waals surface area contributed by atoms with Crippen molar-refractivity contribution in [2.45, 2.75) is 6.42 Å². The molecule has 0 aromatic heterocycles. The molecule has 0 saturated heterocycles. The summed E-state index contributed by atoms with van der Waals surface area (Å²) < 4.78 is 0. The number of nitrogens with two attached hydrogens (primary N) is 1. The summed E-state index contributed by atoms with van der Waals surface area (Å²) >= 11 is 0. The van der Waals surface area contributed by atoms with Crippen LogP contribution in [0.2, 0.25) is 0 Å². The van der Waals surface area contributed by atoms with Crippen LogP contribution in [-0.4, -0.2) is 39.9 Å². The van der Waals surface area contributed by atoms with Crippen molar-refractivity contribution in [2.24, 2.45) is 0 Å². The van der Waals surface area contributed by atoms with Gasteiger partial charge in [0.05, 0.1) is 6.42 Å². The molecule has 0 aliphatic carbocycles. The quantitative estimate of drug-likeness (QED) is 0.510. The predicted octanol–water partition coefficient (Wildman–Crippen LogP) is 1.97. The van der Waals surface area contributed by atoms with Crippen LogP contribution >= 0.6 is 0 Å². The number of carboxylic acids is 1. The van der Waals surface area contributed by atoms with E-state index in [0.29, 0.717) is 16.7 Å². The van der Waals surface area contributed by atoms with Crippen LogP contribution in [0.15, 0.2) is 48.5 Å². The van der Waals surface area contributed by atoms with E-state index in [-0.39, 0.29) is 43.8 Å². The van der Waals surface area contributed by atoms with Gasteiger partial charge in [-0.15, -0.1) is 0 Å². The standard InChI is InChI=1S/C15H13NO3.Mg.2H/c16-14-11(9-13(17)18)7-4-8-12(14)15(19)10-5-2-1-3-6-10;;;/h1-8H,9,16H2,(H,17,18);;;/q;+2;2*-1. The Balaban J connectivity index is 0. The second kappa shape index (κ2) is 7.07. The maximum absolute atomic E-state index is 12.3. The number of carboxylic acid groups (broad SMARTS) is 1. The van der Waals surface area contributed by atoms with Gasteiger partial charge in [-0.05, 0) is 11.6 Å². The van der Waals surface area contributed by atoms with Crippen molar-refractivity contribution < 1.29 is 17.5 Å². The molecule has 0 bridgehead atoms. The van der Waals surface area contributed by atoms with Gasteiger partial charge in [0.15, 0.2) is 5.78 Å². The van der Waals surface area contributed by atoms with Crippen LogP contribution in [-0.2, 0) is 11.2 Å². The minimum atomic E-state index is -0.976. The summed E-state index contributed by atoms with van der Waals surface area (Å²) in [7, 11) is 0. The molecule has 0 radical (unpaired) electrons. The first-order valence-electron chi connectivity index (χ1n) is 5.78. The van der Waals surface area contributed by atoms with E-state index in [4.69, 9.17) is 10.8 Å². The second-order valence-electron chi connectivity index (χ2n) is 4.14. The molecule has 100 valence electrons. The van der Waals surface area contributed by atoms with Crippen LogP contribution in [0.25, 0.3) is 0 Å². The summed E-state index contributed by atoms with van der Waals surface area (Å²) in [5.41, 5.74) is 7.44. The third kappa shape index (κ3) is 3.58. The molecule has 3 N–H and O–H groups in total. The molecule has 0 heterocycles. The first kappa shape index (κ1) is 16.2. The maximum Gasteiger partial charge on any atom is 2.00 e. The van der Waals surface area contributed by atoms with E-state index in [1.807, 2.05) is 6.07 Å². The summed E-state index contributed by atoms with van der Waals surface area (Å²) in [6.07, 6.45) is -0.193. The molecular weight excluding hydrogens is 266 g/mol. The molecule has 0 atom stereocenters. The Bertz CT molecular complexity index is 636. The van der Waals surface area contributed by atoms with E-state index in [0.717, 1.165) is 0 Å². The molecule has 2 aromatic rings. The number of hydrogen-bond acceptors (Lipinski definition) is 3. The van der Waals surface area contributed by atoms with Gasteiger partial charge in [-0.25, -0.2) is 0 Å². The molecule has 0 spiro atoms. The molecule has 0 aliphatic rings. The van der Waals surface area contributed by atoms with Crippen LogP contribution in [0, 0.1) is 0 Å². The predicted molar refractivity (Wildman–Crippen MR) is 80.0 cm³/mol. The van der Waals surface area contributed by atoms with Gasteiger partial charge >= 0.3 is 29.0 Å². The van der Waals surface area contributed by atoms with Crippen molar-refractivity contribution in [2.75, 3.05) is 5.73 Å². The molecule has 20 heavy (non-hydrogen) atoms. The SMILES string of the molecule is Nc1c(CC(=O)O)cccc1C(=O)c1ccccc1.[H-].[H-].[Mg+2]. The summed E-state index contributed by atoms with van der Waals surface area (Å²) in [5.74, 6) is -1.18. The number of para-hydroxylation sites is 1. The van der Waals surface area contributed by atoms with Crippen molar-refractivity contribution in [3.63, 3.8) is 0 Å². The van der Waals surface area contributed by atoms with Crippen molar-refractivity contribution in [3.8, 4) is 0 Å². The van der Waals surface area contributed by atoms with Crippen molar-refractivity contribution >= 4 is 40.5 Å². The number of ketones is 1. The van der Waals surface area contributed by atoms with E-state index >= 15 is 0 Å². The number of anilines is 1. The summed E-state index contributed by atoms with van der Waals surface area (Å²) in [6, 6.07) is 13.6. The van der Waals surface area contributed by atoms with Gasteiger partial charge in [0.25, 0.3) is 0 Å². The van der Waals surface area contributed by atoms with Crippen LogP contribution in [0.3, 0.4) is 0 Å². The molecule has 0 saturated carbocycles. The van der Waals surface area contributed by atoms with Gasteiger partial charge in [0.1, 0.15) is 0 Å². The summed E-state index contributed by atoms with van der Waals surface area (Å²) in [5, 5.41) is 8.80. The Morgan fingerprint density at radius 1 is 1.05 bits per heavy atom. The molecule has 0 unspecified atom stereocenters. The molecule has 5 heteroatoms. The minimum absolute atomic E-state index is 0. The zero-order valence-electron chi connectivity index (χ0n) is 12.9. The maximum atomic E-state index is 12.3. The Labute approximate surface area is 135 Å². The number of nitrogen functional groups attached to an aromatic ring is 1. The molecule has 0 amide bonds. The zero-order valence-corrected chi connectivity index (χ0v) is 12.3. The Kier molecular flexibility index (Phi) is 5.73. The third-order valence-corrected chi connectivity index (χ3v) is 2.82. The van der Waals surface area contributed by atoms with Gasteiger partial charge in [-0.1, -0.05) is 42.5 Å². The molecule has 4 nitrogen and oxygen atoms in total. The van der Waals surface area contributed by atoms with E-state index < -0.39 is 5.97 Å². The third-order valence-electron chi connectivity index (χ3n) is 2.82. The van der Waals surface area contributed by atoms with Gasteiger partial charge in [0.2, 0.25) is 0 Å². The molecule has 2 aromatic carbocycles. The second-order valence-corrected chi connectivity index (χ2v) is 4.14. The number of rotatable bonds is 4. The van der Waals surface area contributed by atoms with E-state index in [9.17, 15) is 9.59 Å². The fraction of sp³-hybridized carbons (Fsp3) is 0.0667. The number of aliphatic carboxylic acids is 1. The smallest absolute Gasteiger partial charge is 1.00 e. The van der Waals surface area contributed by atoms with Gasteiger partial charge in [-0.3, -0.25) is 9.59 Å². The van der Waals surface area contributed by atoms with E-state index in [1.54, 1.807) is 42.5 Å². The van der Waals surface area contributed by atoms with Crippen LogP contribution in [0.4, 0.5) is 5.69 Å². The average molecular weight is 282 g/mol.